The van der Waals surface area contributed by atoms with E-state index >= 15 is 0 Å². The van der Waals surface area contributed by atoms with E-state index in [1.807, 2.05) is 19.1 Å². The van der Waals surface area contributed by atoms with Gasteiger partial charge in [0.05, 0.1) is 6.10 Å². The van der Waals surface area contributed by atoms with Crippen LogP contribution in [0.4, 0.5) is 0 Å². The maximum Gasteiger partial charge on any atom is 0.135 e. The summed E-state index contributed by atoms with van der Waals surface area (Å²) in [6.45, 7) is 6.04. The van der Waals surface area contributed by atoms with E-state index in [0.29, 0.717) is 5.15 Å². The topological polar surface area (TPSA) is 33.1 Å². The number of aromatic nitrogens is 1. The number of hydrogen-bond acceptors (Lipinski definition) is 2. The number of aliphatic hydroxyl groups excluding tert-OH is 1. The van der Waals surface area contributed by atoms with Crippen molar-refractivity contribution < 1.29 is 5.11 Å². The number of aliphatic hydroxyl groups is 1. The second-order valence-corrected chi connectivity index (χ2v) is 4.21. The Morgan fingerprint density at radius 3 is 2.40 bits per heavy atom. The van der Waals surface area contributed by atoms with Gasteiger partial charge in [0.15, 0.2) is 0 Å². The van der Waals surface area contributed by atoms with Gasteiger partial charge in [-0.05, 0) is 18.9 Å². The summed E-state index contributed by atoms with van der Waals surface area (Å²) in [6, 6.07) is 3.75. The third-order valence-electron chi connectivity index (χ3n) is 2.83. The SMILES string of the molecule is CCC(CC)C(O)c1ccc(C)nc1Cl. The van der Waals surface area contributed by atoms with Crippen LogP contribution >= 0.6 is 11.6 Å². The Bertz CT molecular complexity index is 323. The lowest BCUT2D eigenvalue weighted by Gasteiger charge is -2.20. The molecule has 1 rings (SSSR count). The molecule has 1 atom stereocenters. The quantitative estimate of drug-likeness (QED) is 0.799. The van der Waals surface area contributed by atoms with Crippen molar-refractivity contribution in [1.82, 2.24) is 4.98 Å². The van der Waals surface area contributed by atoms with E-state index in [9.17, 15) is 5.11 Å². The predicted molar refractivity (Wildman–Crippen MR) is 63.0 cm³/mol. The second-order valence-electron chi connectivity index (χ2n) is 3.85. The molecule has 0 aliphatic rings. The van der Waals surface area contributed by atoms with E-state index in [4.69, 9.17) is 11.6 Å². The van der Waals surface area contributed by atoms with Gasteiger partial charge in [-0.1, -0.05) is 44.4 Å². The minimum Gasteiger partial charge on any atom is -0.388 e. The molecule has 0 aliphatic heterocycles. The molecule has 0 amide bonds. The number of nitrogens with zero attached hydrogens (tertiary/aromatic N) is 1. The number of aryl methyl sites for hydroxylation is 1. The Balaban J connectivity index is 2.94. The van der Waals surface area contributed by atoms with Gasteiger partial charge in [0.2, 0.25) is 0 Å². The molecule has 0 saturated heterocycles. The smallest absolute Gasteiger partial charge is 0.135 e. The molecule has 0 aliphatic carbocycles. The highest BCUT2D eigenvalue weighted by molar-refractivity contribution is 6.30. The summed E-state index contributed by atoms with van der Waals surface area (Å²) in [5.41, 5.74) is 1.62. The van der Waals surface area contributed by atoms with Crippen LogP contribution in [0, 0.1) is 12.8 Å². The highest BCUT2D eigenvalue weighted by Crippen LogP contribution is 2.30. The zero-order valence-corrected chi connectivity index (χ0v) is 10.3. The number of rotatable bonds is 4. The molecule has 1 N–H and O–H groups in total. The predicted octanol–water partition coefficient (Wildman–Crippen LogP) is 3.51. The van der Waals surface area contributed by atoms with E-state index in [-0.39, 0.29) is 5.92 Å². The molecule has 0 fully saturated rings. The summed E-state index contributed by atoms with van der Waals surface area (Å²) in [7, 11) is 0. The van der Waals surface area contributed by atoms with E-state index in [0.717, 1.165) is 24.1 Å². The first-order valence-electron chi connectivity index (χ1n) is 5.41. The normalized spacial score (nSPS) is 13.2. The maximum absolute atomic E-state index is 10.1. The van der Waals surface area contributed by atoms with Crippen molar-refractivity contribution in [1.29, 1.82) is 0 Å². The molecule has 1 heterocycles. The first-order valence-corrected chi connectivity index (χ1v) is 5.79. The fourth-order valence-electron chi connectivity index (χ4n) is 1.75. The first kappa shape index (κ1) is 12.5. The lowest BCUT2D eigenvalue weighted by Crippen LogP contribution is -2.12. The largest absolute Gasteiger partial charge is 0.388 e. The Morgan fingerprint density at radius 1 is 1.33 bits per heavy atom. The molecular formula is C12H18ClNO. The van der Waals surface area contributed by atoms with Crippen molar-refractivity contribution in [3.63, 3.8) is 0 Å². The molecular weight excluding hydrogens is 210 g/mol. The zero-order chi connectivity index (χ0) is 11.4. The third kappa shape index (κ3) is 2.93. The van der Waals surface area contributed by atoms with Crippen molar-refractivity contribution in [2.45, 2.75) is 39.7 Å². The molecule has 3 heteroatoms. The molecule has 0 aromatic carbocycles. The van der Waals surface area contributed by atoms with Crippen molar-refractivity contribution in [3.05, 3.63) is 28.5 Å². The monoisotopic (exact) mass is 227 g/mol. The molecule has 1 aromatic rings. The van der Waals surface area contributed by atoms with E-state index in [1.165, 1.54) is 0 Å². The van der Waals surface area contributed by atoms with Gasteiger partial charge >= 0.3 is 0 Å². The van der Waals surface area contributed by atoms with Crippen LogP contribution < -0.4 is 0 Å². The number of halogens is 1. The average Bonchev–Trinajstić information content (AvgIpc) is 2.19. The van der Waals surface area contributed by atoms with Crippen LogP contribution in [0.25, 0.3) is 0 Å². The fourth-order valence-corrected chi connectivity index (χ4v) is 2.05. The Kier molecular flexibility index (Phi) is 4.55. The molecule has 0 saturated carbocycles. The fraction of sp³-hybridized carbons (Fsp3) is 0.583. The number of hydrogen-bond donors (Lipinski definition) is 1. The average molecular weight is 228 g/mol. The van der Waals surface area contributed by atoms with Gasteiger partial charge in [-0.15, -0.1) is 0 Å². The summed E-state index contributed by atoms with van der Waals surface area (Å²) in [5, 5.41) is 10.6. The van der Waals surface area contributed by atoms with Crippen LogP contribution in [0.3, 0.4) is 0 Å². The summed E-state index contributed by atoms with van der Waals surface area (Å²) in [5.74, 6) is 0.256. The second kappa shape index (κ2) is 5.47. The van der Waals surface area contributed by atoms with Crippen LogP contribution in [-0.2, 0) is 0 Å². The van der Waals surface area contributed by atoms with Gasteiger partial charge < -0.3 is 5.11 Å². The van der Waals surface area contributed by atoms with Gasteiger partial charge in [0.25, 0.3) is 0 Å². The van der Waals surface area contributed by atoms with E-state index < -0.39 is 6.10 Å². The van der Waals surface area contributed by atoms with E-state index in [1.54, 1.807) is 0 Å². The lowest BCUT2D eigenvalue weighted by molar-refractivity contribution is 0.103. The van der Waals surface area contributed by atoms with Gasteiger partial charge in [-0.25, -0.2) is 4.98 Å². The molecule has 0 spiro atoms. The van der Waals surface area contributed by atoms with Crippen molar-refractivity contribution in [3.8, 4) is 0 Å². The standard InChI is InChI=1S/C12H18ClNO/c1-4-9(5-2)11(15)10-7-6-8(3)14-12(10)13/h6-7,9,11,15H,4-5H2,1-3H3. The Labute approximate surface area is 96.3 Å². The lowest BCUT2D eigenvalue weighted by atomic mass is 9.92. The zero-order valence-electron chi connectivity index (χ0n) is 9.50. The summed E-state index contributed by atoms with van der Waals surface area (Å²) >= 11 is 6.01. The van der Waals surface area contributed by atoms with Gasteiger partial charge in [-0.3, -0.25) is 0 Å². The minimum atomic E-state index is -0.499. The molecule has 0 radical (unpaired) electrons. The van der Waals surface area contributed by atoms with Crippen LogP contribution in [0.5, 0.6) is 0 Å². The summed E-state index contributed by atoms with van der Waals surface area (Å²) < 4.78 is 0. The van der Waals surface area contributed by atoms with Crippen LogP contribution in [0.2, 0.25) is 5.15 Å². The van der Waals surface area contributed by atoms with Crippen molar-refractivity contribution in [2.24, 2.45) is 5.92 Å². The van der Waals surface area contributed by atoms with Crippen LogP contribution in [0.15, 0.2) is 12.1 Å². The molecule has 2 nitrogen and oxygen atoms in total. The maximum atomic E-state index is 10.1. The molecule has 84 valence electrons. The Morgan fingerprint density at radius 2 is 1.93 bits per heavy atom. The van der Waals surface area contributed by atoms with Gasteiger partial charge in [0.1, 0.15) is 5.15 Å². The summed E-state index contributed by atoms with van der Waals surface area (Å²) in [6.07, 6.45) is 1.39. The van der Waals surface area contributed by atoms with Crippen LogP contribution in [0.1, 0.15) is 44.1 Å². The minimum absolute atomic E-state index is 0.256. The molecule has 15 heavy (non-hydrogen) atoms. The van der Waals surface area contributed by atoms with E-state index in [2.05, 4.69) is 18.8 Å². The molecule has 0 bridgehead atoms. The van der Waals surface area contributed by atoms with Crippen molar-refractivity contribution >= 4 is 11.6 Å². The Hall–Kier alpha value is -0.600. The molecule has 1 unspecified atom stereocenters. The van der Waals surface area contributed by atoms with Gasteiger partial charge in [-0.2, -0.15) is 0 Å². The first-order chi connectivity index (χ1) is 7.10. The van der Waals surface area contributed by atoms with Crippen LogP contribution in [-0.4, -0.2) is 10.1 Å². The third-order valence-corrected chi connectivity index (χ3v) is 3.13. The highest BCUT2D eigenvalue weighted by atomic mass is 35.5. The van der Waals surface area contributed by atoms with Crippen molar-refractivity contribution in [2.75, 3.05) is 0 Å². The summed E-state index contributed by atoms with van der Waals surface area (Å²) in [4.78, 5) is 4.15. The number of pyridine rings is 1. The highest BCUT2D eigenvalue weighted by Gasteiger charge is 2.20. The van der Waals surface area contributed by atoms with Gasteiger partial charge in [0, 0.05) is 11.3 Å². The molecule has 1 aromatic heterocycles.